The van der Waals surface area contributed by atoms with Gasteiger partial charge in [-0.3, -0.25) is 9.78 Å². The van der Waals surface area contributed by atoms with Gasteiger partial charge in [0, 0.05) is 17.6 Å². The number of hydrogen-bond acceptors (Lipinski definition) is 3. The average Bonchev–Trinajstić information content (AvgIpc) is 2.63. The molecule has 3 N–H and O–H groups in total. The third-order valence-electron chi connectivity index (χ3n) is 6.07. The number of fused-ring (bicyclic) bond motifs is 2. The summed E-state index contributed by atoms with van der Waals surface area (Å²) in [4.78, 5) is 17.6. The maximum Gasteiger partial charge on any atom is 0.253 e. The smallest absolute Gasteiger partial charge is 0.253 e. The van der Waals surface area contributed by atoms with Gasteiger partial charge in [-0.2, -0.15) is 0 Å². The lowest BCUT2D eigenvalue weighted by molar-refractivity contribution is 0.0755. The highest BCUT2D eigenvalue weighted by Crippen LogP contribution is 2.39. The standard InChI is InChI=1S/C22H27N3O.2ClH/c1-14-19(10-11-20(24-14)15-6-3-2-4-7-15)22(26)25-21-16-8-5-9-17(21)13-18(23)12-16;;/h2-4,6-7,10-11,16-18,21H,5,8-9,12-13,23H2,1H3,(H,25,26);2*1H. The van der Waals surface area contributed by atoms with E-state index in [1.807, 2.05) is 49.4 Å². The molecule has 0 aliphatic heterocycles. The largest absolute Gasteiger partial charge is 0.349 e. The fraction of sp³-hybridized carbons (Fsp3) is 0.455. The highest BCUT2D eigenvalue weighted by atomic mass is 35.5. The van der Waals surface area contributed by atoms with Crippen LogP contribution in [0.25, 0.3) is 11.3 Å². The van der Waals surface area contributed by atoms with Gasteiger partial charge in [0.1, 0.15) is 0 Å². The minimum Gasteiger partial charge on any atom is -0.349 e. The zero-order valence-corrected chi connectivity index (χ0v) is 17.8. The zero-order valence-electron chi connectivity index (χ0n) is 16.1. The van der Waals surface area contributed by atoms with Crippen molar-refractivity contribution in [2.24, 2.45) is 17.6 Å². The summed E-state index contributed by atoms with van der Waals surface area (Å²) >= 11 is 0. The van der Waals surface area contributed by atoms with Gasteiger partial charge in [-0.15, -0.1) is 24.8 Å². The maximum absolute atomic E-state index is 12.9. The van der Waals surface area contributed by atoms with Gasteiger partial charge in [-0.25, -0.2) is 0 Å². The quantitative estimate of drug-likeness (QED) is 0.764. The first-order valence-corrected chi connectivity index (χ1v) is 9.71. The van der Waals surface area contributed by atoms with Crippen LogP contribution in [0.1, 0.15) is 48.2 Å². The Hall–Kier alpha value is -1.62. The van der Waals surface area contributed by atoms with Crippen molar-refractivity contribution in [3.8, 4) is 11.3 Å². The first kappa shape index (κ1) is 22.7. The van der Waals surface area contributed by atoms with Gasteiger partial charge in [0.2, 0.25) is 0 Å². The molecule has 2 aliphatic carbocycles. The van der Waals surface area contributed by atoms with Crippen molar-refractivity contribution in [2.75, 3.05) is 0 Å². The molecule has 0 saturated heterocycles. The van der Waals surface area contributed by atoms with Crippen LogP contribution < -0.4 is 11.1 Å². The fourth-order valence-corrected chi connectivity index (χ4v) is 4.82. The Morgan fingerprint density at radius 1 is 1.04 bits per heavy atom. The number of aromatic nitrogens is 1. The van der Waals surface area contributed by atoms with Crippen molar-refractivity contribution >= 4 is 30.7 Å². The van der Waals surface area contributed by atoms with E-state index in [0.717, 1.165) is 29.8 Å². The molecule has 2 aliphatic rings. The highest BCUT2D eigenvalue weighted by molar-refractivity contribution is 5.95. The molecular weight excluding hydrogens is 393 g/mol. The molecule has 4 nitrogen and oxygen atoms in total. The molecule has 2 saturated carbocycles. The number of hydrogen-bond donors (Lipinski definition) is 2. The third-order valence-corrected chi connectivity index (χ3v) is 6.07. The first-order valence-electron chi connectivity index (χ1n) is 9.71. The van der Waals surface area contributed by atoms with Gasteiger partial charge < -0.3 is 11.1 Å². The summed E-state index contributed by atoms with van der Waals surface area (Å²) in [6.45, 7) is 1.92. The molecule has 1 amide bonds. The Balaban J connectivity index is 0.00000140. The van der Waals surface area contributed by atoms with Crippen molar-refractivity contribution in [1.82, 2.24) is 10.3 Å². The van der Waals surface area contributed by atoms with Crippen LogP contribution in [0.5, 0.6) is 0 Å². The molecule has 6 heteroatoms. The predicted octanol–water partition coefficient (Wildman–Crippen LogP) is 4.54. The second kappa shape index (κ2) is 9.73. The van der Waals surface area contributed by atoms with Crippen LogP contribution in [0.3, 0.4) is 0 Å². The molecule has 2 atom stereocenters. The molecule has 2 aromatic rings. The molecule has 1 heterocycles. The fourth-order valence-electron chi connectivity index (χ4n) is 4.82. The lowest BCUT2D eigenvalue weighted by atomic mass is 9.67. The number of rotatable bonds is 3. The summed E-state index contributed by atoms with van der Waals surface area (Å²) in [5, 5.41) is 3.32. The number of carbonyl (C=O) groups is 1. The predicted molar refractivity (Wildman–Crippen MR) is 118 cm³/mol. The van der Waals surface area contributed by atoms with Gasteiger partial charge in [-0.1, -0.05) is 36.8 Å². The first-order chi connectivity index (χ1) is 12.6. The second-order valence-corrected chi connectivity index (χ2v) is 7.88. The minimum absolute atomic E-state index is 0. The summed E-state index contributed by atoms with van der Waals surface area (Å²) < 4.78 is 0. The Bertz CT molecular complexity index is 786. The zero-order chi connectivity index (χ0) is 18.1. The number of aryl methyl sites for hydroxylation is 1. The van der Waals surface area contributed by atoms with Crippen molar-refractivity contribution in [3.63, 3.8) is 0 Å². The van der Waals surface area contributed by atoms with Crippen LogP contribution in [0, 0.1) is 18.8 Å². The molecule has 1 aromatic carbocycles. The molecule has 2 fully saturated rings. The van der Waals surface area contributed by atoms with Gasteiger partial charge in [0.15, 0.2) is 0 Å². The van der Waals surface area contributed by atoms with Gasteiger partial charge in [0.25, 0.3) is 5.91 Å². The van der Waals surface area contributed by atoms with E-state index in [1.54, 1.807) is 0 Å². The second-order valence-electron chi connectivity index (χ2n) is 7.88. The number of nitrogens with two attached hydrogens (primary N) is 1. The van der Waals surface area contributed by atoms with Crippen LogP contribution in [0.4, 0.5) is 0 Å². The molecule has 2 bridgehead atoms. The van der Waals surface area contributed by atoms with Crippen molar-refractivity contribution in [1.29, 1.82) is 0 Å². The molecule has 2 unspecified atom stereocenters. The van der Waals surface area contributed by atoms with Crippen molar-refractivity contribution in [2.45, 2.75) is 51.1 Å². The van der Waals surface area contributed by atoms with E-state index >= 15 is 0 Å². The molecule has 0 spiro atoms. The van der Waals surface area contributed by atoms with Gasteiger partial charge >= 0.3 is 0 Å². The van der Waals surface area contributed by atoms with E-state index in [0.29, 0.717) is 23.4 Å². The third kappa shape index (κ3) is 4.68. The average molecular weight is 422 g/mol. The normalized spacial score (nSPS) is 25.8. The van der Waals surface area contributed by atoms with E-state index in [2.05, 4.69) is 10.3 Å². The highest BCUT2D eigenvalue weighted by Gasteiger charge is 2.40. The van der Waals surface area contributed by atoms with Crippen LogP contribution in [0.2, 0.25) is 0 Å². The summed E-state index contributed by atoms with van der Waals surface area (Å²) in [6.07, 6.45) is 5.69. The number of benzene rings is 1. The van der Waals surface area contributed by atoms with Crippen LogP contribution in [-0.2, 0) is 0 Å². The Morgan fingerprint density at radius 3 is 2.29 bits per heavy atom. The van der Waals surface area contributed by atoms with Gasteiger partial charge in [-0.05, 0) is 56.6 Å². The van der Waals surface area contributed by atoms with Crippen molar-refractivity contribution in [3.05, 3.63) is 53.7 Å². The number of carbonyl (C=O) groups excluding carboxylic acids is 1. The monoisotopic (exact) mass is 421 g/mol. The topological polar surface area (TPSA) is 68.0 Å². The van der Waals surface area contributed by atoms with E-state index in [4.69, 9.17) is 5.73 Å². The van der Waals surface area contributed by atoms with E-state index in [1.165, 1.54) is 19.3 Å². The SMILES string of the molecule is Cc1nc(-c2ccccc2)ccc1C(=O)NC1C2CCCC1CC(N)C2.Cl.Cl. The van der Waals surface area contributed by atoms with Gasteiger partial charge in [0.05, 0.1) is 17.0 Å². The summed E-state index contributed by atoms with van der Waals surface area (Å²) in [6, 6.07) is 14.5. The number of halogens is 2. The maximum atomic E-state index is 12.9. The number of pyridine rings is 1. The van der Waals surface area contributed by atoms with Crippen LogP contribution in [0.15, 0.2) is 42.5 Å². The summed E-state index contributed by atoms with van der Waals surface area (Å²) in [5.41, 5.74) is 9.63. The van der Waals surface area contributed by atoms with E-state index in [9.17, 15) is 4.79 Å². The number of nitrogens with one attached hydrogen (secondary N) is 1. The Morgan fingerprint density at radius 2 is 1.68 bits per heavy atom. The van der Waals surface area contributed by atoms with E-state index < -0.39 is 0 Å². The minimum atomic E-state index is 0. The lowest BCUT2D eigenvalue weighted by Crippen LogP contribution is -2.53. The van der Waals surface area contributed by atoms with Crippen LogP contribution in [-0.4, -0.2) is 23.0 Å². The van der Waals surface area contributed by atoms with Crippen LogP contribution >= 0.6 is 24.8 Å². The lowest BCUT2D eigenvalue weighted by Gasteiger charge is -2.45. The van der Waals surface area contributed by atoms with Crippen molar-refractivity contribution < 1.29 is 4.79 Å². The van der Waals surface area contributed by atoms with E-state index in [-0.39, 0.29) is 36.8 Å². The Labute approximate surface area is 179 Å². The molecule has 28 heavy (non-hydrogen) atoms. The molecule has 4 rings (SSSR count). The number of amides is 1. The summed E-state index contributed by atoms with van der Waals surface area (Å²) in [5.74, 6) is 1.06. The molecule has 152 valence electrons. The number of nitrogens with zero attached hydrogens (tertiary/aromatic N) is 1. The molecular formula is C22H29Cl2N3O. The molecule has 1 aromatic heterocycles. The summed E-state index contributed by atoms with van der Waals surface area (Å²) in [7, 11) is 0. The molecule has 0 radical (unpaired) electrons. The Kier molecular flexibility index (Phi) is 7.87.